The molecule has 0 bridgehead atoms. The molecule has 1 rings (SSSR count). The first kappa shape index (κ1) is 11.9. The molecular weight excluding hydrogens is 214 g/mol. The second-order valence-corrected chi connectivity index (χ2v) is 12.1. The summed E-state index contributed by atoms with van der Waals surface area (Å²) in [6.07, 6.45) is 17.4. The van der Waals surface area contributed by atoms with Gasteiger partial charge in [0.25, 0.3) is 0 Å². The highest BCUT2D eigenvalue weighted by Gasteiger charge is 2.25. The van der Waals surface area contributed by atoms with Gasteiger partial charge in [0.05, 0.1) is 0 Å². The second-order valence-electron chi connectivity index (χ2n) is 4.35. The van der Waals surface area contributed by atoms with E-state index < -0.39 is 20.6 Å². The summed E-state index contributed by atoms with van der Waals surface area (Å²) in [6.45, 7) is 0. The third-order valence-electron chi connectivity index (χ3n) is 2.40. The van der Waals surface area contributed by atoms with Crippen molar-refractivity contribution in [1.82, 2.24) is 12.7 Å². The van der Waals surface area contributed by atoms with Crippen LogP contribution < -0.4 is 0 Å². The molecule has 1 aromatic rings. The van der Waals surface area contributed by atoms with Gasteiger partial charge in [0.1, 0.15) is 6.33 Å². The van der Waals surface area contributed by atoms with Crippen LogP contribution in [0.2, 0.25) is 0 Å². The molecule has 0 atom stereocenters. The number of hydrogen-bond donors (Lipinski definition) is 0. The van der Waals surface area contributed by atoms with Gasteiger partial charge in [-0.1, -0.05) is 0 Å². The summed E-state index contributed by atoms with van der Waals surface area (Å²) >= 11 is 0. The molecule has 0 saturated heterocycles. The number of nitrogens with zero attached hydrogens (tertiary/aromatic N) is 3. The van der Waals surface area contributed by atoms with Crippen molar-refractivity contribution in [2.75, 3.05) is 38.3 Å². The normalized spacial score (nSPS) is 15.9. The van der Waals surface area contributed by atoms with Crippen LogP contribution in [-0.2, 0) is 0 Å². The molecule has 14 heavy (non-hydrogen) atoms. The molecule has 0 saturated carbocycles. The van der Waals surface area contributed by atoms with E-state index in [-0.39, 0.29) is 0 Å². The van der Waals surface area contributed by atoms with E-state index in [9.17, 15) is 0 Å². The van der Waals surface area contributed by atoms with Crippen LogP contribution in [0.25, 0.3) is 0 Å². The molecule has 3 nitrogen and oxygen atoms in total. The van der Waals surface area contributed by atoms with Gasteiger partial charge in [-0.15, -0.1) is 10.4 Å². The zero-order valence-corrected chi connectivity index (χ0v) is 11.5. The highest BCUT2D eigenvalue weighted by molar-refractivity contribution is 8.43. The number of aromatic nitrogens is 2. The molecule has 0 N–H and O–H groups in total. The third kappa shape index (κ3) is 2.27. The fraction of sp³-hybridized carbons (Fsp3) is 0.667. The molecule has 0 amide bonds. The van der Waals surface area contributed by atoms with Gasteiger partial charge in [-0.3, -0.25) is 3.97 Å². The van der Waals surface area contributed by atoms with Crippen molar-refractivity contribution >= 4 is 20.6 Å². The Bertz CT molecular complexity index is 288. The molecule has 0 radical (unpaired) electrons. The Kier molecular flexibility index (Phi) is 3.23. The quantitative estimate of drug-likeness (QED) is 0.800. The Morgan fingerprint density at radius 2 is 1.71 bits per heavy atom. The number of rotatable bonds is 3. The summed E-state index contributed by atoms with van der Waals surface area (Å²) in [4.78, 5) is 4.12. The average molecular weight is 235 g/mol. The molecule has 1 aromatic heterocycles. The third-order valence-corrected chi connectivity index (χ3v) is 8.88. The second kappa shape index (κ2) is 3.79. The molecule has 0 spiro atoms. The Hall–Kier alpha value is -0.130. The van der Waals surface area contributed by atoms with Crippen LogP contribution in [0.5, 0.6) is 0 Å². The van der Waals surface area contributed by atoms with Gasteiger partial charge in [-0.25, -0.2) is 8.69 Å². The van der Waals surface area contributed by atoms with Crippen LogP contribution >= 0.6 is 20.6 Å². The maximum Gasteiger partial charge on any atom is 0.104 e. The standard InChI is InChI=1S/C9H21N3S2/c1-11(13(2,3)4)14(5,6)12-8-7-10-9-12/h7-9H,1-6H3. The minimum Gasteiger partial charge on any atom is -0.287 e. The minimum absolute atomic E-state index is 0.665. The van der Waals surface area contributed by atoms with Gasteiger partial charge in [0.15, 0.2) is 0 Å². The monoisotopic (exact) mass is 235 g/mol. The van der Waals surface area contributed by atoms with E-state index in [1.165, 1.54) is 0 Å². The Balaban J connectivity index is 2.96. The molecule has 5 heteroatoms. The summed E-state index contributed by atoms with van der Waals surface area (Å²) in [5, 5.41) is 0. The molecule has 0 aromatic carbocycles. The van der Waals surface area contributed by atoms with Crippen LogP contribution in [0, 0.1) is 0 Å². The zero-order valence-electron chi connectivity index (χ0n) is 9.89. The van der Waals surface area contributed by atoms with E-state index in [0.717, 1.165) is 0 Å². The lowest BCUT2D eigenvalue weighted by atomic mass is 11.0. The van der Waals surface area contributed by atoms with E-state index in [1.54, 1.807) is 0 Å². The Morgan fingerprint density at radius 1 is 1.14 bits per heavy atom. The first-order valence-electron chi connectivity index (χ1n) is 4.40. The molecule has 1 heterocycles. The lowest BCUT2D eigenvalue weighted by Gasteiger charge is -2.51. The Morgan fingerprint density at radius 3 is 2.07 bits per heavy atom. The summed E-state index contributed by atoms with van der Waals surface area (Å²) in [5.41, 5.74) is 0. The van der Waals surface area contributed by atoms with Crippen LogP contribution in [0.4, 0.5) is 0 Å². The molecule has 0 aliphatic heterocycles. The fourth-order valence-electron chi connectivity index (χ4n) is 1.19. The smallest absolute Gasteiger partial charge is 0.104 e. The predicted octanol–water partition coefficient (Wildman–Crippen LogP) is 2.17. The van der Waals surface area contributed by atoms with Crippen LogP contribution in [-0.4, -0.2) is 51.0 Å². The van der Waals surface area contributed by atoms with Gasteiger partial charge in [0.2, 0.25) is 0 Å². The van der Waals surface area contributed by atoms with Crippen molar-refractivity contribution < 1.29 is 0 Å². The number of imidazole rings is 1. The van der Waals surface area contributed by atoms with Crippen LogP contribution in [0.3, 0.4) is 0 Å². The molecule has 84 valence electrons. The van der Waals surface area contributed by atoms with Crippen molar-refractivity contribution in [3.05, 3.63) is 18.7 Å². The zero-order chi connectivity index (χ0) is 11.0. The first-order valence-corrected chi connectivity index (χ1v) is 9.58. The van der Waals surface area contributed by atoms with Crippen molar-refractivity contribution in [2.24, 2.45) is 0 Å². The van der Waals surface area contributed by atoms with Gasteiger partial charge in [0, 0.05) is 19.4 Å². The lowest BCUT2D eigenvalue weighted by Crippen LogP contribution is -2.28. The largest absolute Gasteiger partial charge is 0.287 e. The average Bonchev–Trinajstić information content (AvgIpc) is 2.53. The predicted molar refractivity (Wildman–Crippen MR) is 70.2 cm³/mol. The van der Waals surface area contributed by atoms with E-state index in [0.29, 0.717) is 0 Å². The van der Waals surface area contributed by atoms with Crippen LogP contribution in [0.1, 0.15) is 0 Å². The summed E-state index contributed by atoms with van der Waals surface area (Å²) < 4.78 is 4.73. The molecular formula is C9H21N3S2. The maximum absolute atomic E-state index is 4.12. The Labute approximate surface area is 90.5 Å². The van der Waals surface area contributed by atoms with E-state index in [2.05, 4.69) is 57.2 Å². The highest BCUT2D eigenvalue weighted by atomic mass is 32.3. The van der Waals surface area contributed by atoms with Gasteiger partial charge < -0.3 is 0 Å². The molecule has 0 unspecified atom stereocenters. The van der Waals surface area contributed by atoms with E-state index in [1.807, 2.05) is 12.5 Å². The highest BCUT2D eigenvalue weighted by Crippen LogP contribution is 2.57. The minimum atomic E-state index is -0.929. The van der Waals surface area contributed by atoms with E-state index in [4.69, 9.17) is 0 Å². The lowest BCUT2D eigenvalue weighted by molar-refractivity contribution is 0.877. The van der Waals surface area contributed by atoms with Gasteiger partial charge in [-0.2, -0.15) is 10.2 Å². The SMILES string of the molecule is CN(S(C)(C)C)S(C)(C)n1ccnc1. The molecule has 0 aliphatic rings. The van der Waals surface area contributed by atoms with Crippen molar-refractivity contribution in [3.8, 4) is 0 Å². The molecule has 0 aliphatic carbocycles. The van der Waals surface area contributed by atoms with Crippen molar-refractivity contribution in [1.29, 1.82) is 0 Å². The van der Waals surface area contributed by atoms with Crippen molar-refractivity contribution in [3.63, 3.8) is 0 Å². The van der Waals surface area contributed by atoms with Gasteiger partial charge in [-0.05, 0) is 31.3 Å². The van der Waals surface area contributed by atoms with E-state index >= 15 is 0 Å². The summed E-state index contributed by atoms with van der Waals surface area (Å²) in [6, 6.07) is 0. The van der Waals surface area contributed by atoms with Crippen LogP contribution in [0.15, 0.2) is 18.7 Å². The molecule has 0 fully saturated rings. The topological polar surface area (TPSA) is 21.1 Å². The maximum atomic E-state index is 4.12. The summed E-state index contributed by atoms with van der Waals surface area (Å²) in [7, 11) is 0.619. The van der Waals surface area contributed by atoms with Gasteiger partial charge >= 0.3 is 0 Å². The van der Waals surface area contributed by atoms with Crippen molar-refractivity contribution in [2.45, 2.75) is 0 Å². The first-order chi connectivity index (χ1) is 6.26. The summed E-state index contributed by atoms with van der Waals surface area (Å²) in [5.74, 6) is 0. The fourth-order valence-corrected chi connectivity index (χ4v) is 6.70. The number of hydrogen-bond acceptors (Lipinski definition) is 2.